The van der Waals surface area contributed by atoms with E-state index in [0.717, 1.165) is 17.7 Å². The number of fused-ring (bicyclic) bond motifs is 1. The van der Waals surface area contributed by atoms with Gasteiger partial charge >= 0.3 is 0 Å². The number of carbonyl (C=O) groups is 1. The van der Waals surface area contributed by atoms with E-state index in [0.29, 0.717) is 30.3 Å². The van der Waals surface area contributed by atoms with Gasteiger partial charge < -0.3 is 10.6 Å². The highest BCUT2D eigenvalue weighted by Crippen LogP contribution is 2.13. The maximum absolute atomic E-state index is 13.0. The zero-order chi connectivity index (χ0) is 21.6. The Morgan fingerprint density at radius 1 is 0.968 bits per heavy atom. The molecule has 8 heteroatoms. The highest BCUT2D eigenvalue weighted by molar-refractivity contribution is 5.90. The number of amides is 1. The molecule has 0 atom stereocenters. The van der Waals surface area contributed by atoms with Gasteiger partial charge in [0.2, 0.25) is 5.91 Å². The van der Waals surface area contributed by atoms with E-state index in [9.17, 15) is 9.18 Å². The molecular formula is C23H23FN6O. The van der Waals surface area contributed by atoms with Gasteiger partial charge in [0.15, 0.2) is 11.5 Å². The topological polar surface area (TPSA) is 84.2 Å². The van der Waals surface area contributed by atoms with Gasteiger partial charge in [0.05, 0.1) is 0 Å². The molecular weight excluding hydrogens is 395 g/mol. The first kappa shape index (κ1) is 20.5. The van der Waals surface area contributed by atoms with Crippen LogP contribution in [0.25, 0.3) is 5.65 Å². The third-order valence-electron chi connectivity index (χ3n) is 4.94. The lowest BCUT2D eigenvalue weighted by atomic mass is 10.1. The molecule has 0 radical (unpaired) electrons. The first-order valence-corrected chi connectivity index (χ1v) is 10.2. The van der Waals surface area contributed by atoms with Crippen molar-refractivity contribution < 1.29 is 9.18 Å². The van der Waals surface area contributed by atoms with Crippen molar-refractivity contribution in [3.8, 4) is 0 Å². The molecule has 0 bridgehead atoms. The molecule has 4 rings (SSSR count). The van der Waals surface area contributed by atoms with E-state index in [2.05, 4.69) is 32.9 Å². The third kappa shape index (κ3) is 5.22. The van der Waals surface area contributed by atoms with Gasteiger partial charge in [-0.1, -0.05) is 31.2 Å². The van der Waals surface area contributed by atoms with Gasteiger partial charge in [-0.2, -0.15) is 4.52 Å². The Bertz CT molecular complexity index is 1170. The SMILES string of the molecule is CCc1ccc(NC(=O)CCc2nnc3ccc(NCc4ccc(F)cc4)nn23)cc1. The summed E-state index contributed by atoms with van der Waals surface area (Å²) in [6, 6.07) is 17.7. The minimum Gasteiger partial charge on any atom is -0.365 e. The molecule has 0 saturated carbocycles. The van der Waals surface area contributed by atoms with Gasteiger partial charge in [-0.25, -0.2) is 4.39 Å². The van der Waals surface area contributed by atoms with Crippen molar-refractivity contribution >= 4 is 23.1 Å². The van der Waals surface area contributed by atoms with Gasteiger partial charge in [0.1, 0.15) is 11.6 Å². The zero-order valence-corrected chi connectivity index (χ0v) is 17.2. The molecule has 2 aromatic heterocycles. The average Bonchev–Trinajstić information content (AvgIpc) is 3.20. The Hall–Kier alpha value is -3.81. The molecule has 0 aliphatic rings. The standard InChI is InChI=1S/C23H23FN6O/c1-2-16-5-9-19(10-6-16)26-23(31)14-13-22-28-27-21-12-11-20(29-30(21)22)25-15-17-3-7-18(24)8-4-17/h3-12H,2,13-15H2,1H3,(H,25,29)(H,26,31). The van der Waals surface area contributed by atoms with E-state index in [1.165, 1.54) is 17.7 Å². The maximum Gasteiger partial charge on any atom is 0.224 e. The quantitative estimate of drug-likeness (QED) is 0.452. The van der Waals surface area contributed by atoms with E-state index < -0.39 is 0 Å². The van der Waals surface area contributed by atoms with Gasteiger partial charge in [0, 0.05) is 25.1 Å². The van der Waals surface area contributed by atoms with Crippen LogP contribution in [0.1, 0.15) is 30.3 Å². The number of anilines is 2. The maximum atomic E-state index is 13.0. The second-order valence-electron chi connectivity index (χ2n) is 7.18. The number of nitrogens with one attached hydrogen (secondary N) is 2. The second-order valence-corrected chi connectivity index (χ2v) is 7.18. The first-order chi connectivity index (χ1) is 15.1. The van der Waals surface area contributed by atoms with Gasteiger partial charge in [-0.3, -0.25) is 4.79 Å². The minimum absolute atomic E-state index is 0.0911. The van der Waals surface area contributed by atoms with E-state index >= 15 is 0 Å². The number of aromatic nitrogens is 4. The summed E-state index contributed by atoms with van der Waals surface area (Å²) in [4.78, 5) is 12.3. The molecule has 0 saturated heterocycles. The third-order valence-corrected chi connectivity index (χ3v) is 4.94. The molecule has 0 unspecified atom stereocenters. The van der Waals surface area contributed by atoms with Gasteiger partial charge in [-0.15, -0.1) is 15.3 Å². The Morgan fingerprint density at radius 3 is 2.45 bits per heavy atom. The largest absolute Gasteiger partial charge is 0.365 e. The van der Waals surface area contributed by atoms with Crippen LogP contribution in [0.3, 0.4) is 0 Å². The van der Waals surface area contributed by atoms with E-state index in [-0.39, 0.29) is 18.1 Å². The Kier molecular flexibility index (Phi) is 6.16. The molecule has 4 aromatic rings. The van der Waals surface area contributed by atoms with Crippen LogP contribution >= 0.6 is 0 Å². The Morgan fingerprint density at radius 2 is 1.71 bits per heavy atom. The lowest BCUT2D eigenvalue weighted by molar-refractivity contribution is -0.116. The molecule has 7 nitrogen and oxygen atoms in total. The number of rotatable bonds is 8. The van der Waals surface area contributed by atoms with Crippen LogP contribution in [0.4, 0.5) is 15.9 Å². The molecule has 0 fully saturated rings. The first-order valence-electron chi connectivity index (χ1n) is 10.2. The molecule has 2 N–H and O–H groups in total. The number of nitrogens with zero attached hydrogens (tertiary/aromatic N) is 4. The number of hydrogen-bond donors (Lipinski definition) is 2. The molecule has 158 valence electrons. The number of carbonyl (C=O) groups excluding carboxylic acids is 1. The van der Waals surface area contributed by atoms with Crippen LogP contribution in [0, 0.1) is 5.82 Å². The van der Waals surface area contributed by atoms with Crippen LogP contribution in [-0.4, -0.2) is 25.7 Å². The summed E-state index contributed by atoms with van der Waals surface area (Å²) in [5.74, 6) is 0.890. The number of hydrogen-bond acceptors (Lipinski definition) is 5. The van der Waals surface area contributed by atoms with E-state index in [1.807, 2.05) is 36.4 Å². The van der Waals surface area contributed by atoms with Crippen LogP contribution in [-0.2, 0) is 24.2 Å². The van der Waals surface area contributed by atoms with Crippen molar-refractivity contribution in [2.24, 2.45) is 0 Å². The molecule has 0 aliphatic heterocycles. The van der Waals surface area contributed by atoms with Crippen LogP contribution in [0.15, 0.2) is 60.7 Å². The van der Waals surface area contributed by atoms with Crippen molar-refractivity contribution in [2.75, 3.05) is 10.6 Å². The highest BCUT2D eigenvalue weighted by atomic mass is 19.1. The van der Waals surface area contributed by atoms with Crippen LogP contribution < -0.4 is 10.6 Å². The molecule has 0 spiro atoms. The van der Waals surface area contributed by atoms with Crippen molar-refractivity contribution in [3.05, 3.63) is 83.4 Å². The summed E-state index contributed by atoms with van der Waals surface area (Å²) < 4.78 is 14.7. The predicted octanol–water partition coefficient (Wildman–Crippen LogP) is 4.01. The summed E-state index contributed by atoms with van der Waals surface area (Å²) in [5.41, 5.74) is 3.55. The van der Waals surface area contributed by atoms with Crippen molar-refractivity contribution in [2.45, 2.75) is 32.7 Å². The highest BCUT2D eigenvalue weighted by Gasteiger charge is 2.11. The minimum atomic E-state index is -0.264. The second kappa shape index (κ2) is 9.34. The smallest absolute Gasteiger partial charge is 0.224 e. The van der Waals surface area contributed by atoms with Crippen molar-refractivity contribution in [1.82, 2.24) is 19.8 Å². The summed E-state index contributed by atoms with van der Waals surface area (Å²) in [7, 11) is 0. The number of benzene rings is 2. The lowest BCUT2D eigenvalue weighted by Gasteiger charge is -2.07. The van der Waals surface area contributed by atoms with Crippen molar-refractivity contribution in [3.63, 3.8) is 0 Å². The molecule has 31 heavy (non-hydrogen) atoms. The summed E-state index contributed by atoms with van der Waals surface area (Å²) in [5, 5.41) is 18.9. The van der Waals surface area contributed by atoms with E-state index in [4.69, 9.17) is 0 Å². The zero-order valence-electron chi connectivity index (χ0n) is 17.2. The normalized spacial score (nSPS) is 10.9. The average molecular weight is 418 g/mol. The summed E-state index contributed by atoms with van der Waals surface area (Å²) in [6.07, 6.45) is 1.64. The Labute approximate surface area is 179 Å². The summed E-state index contributed by atoms with van der Waals surface area (Å²) in [6.45, 7) is 2.60. The van der Waals surface area contributed by atoms with Gasteiger partial charge in [-0.05, 0) is 53.9 Å². The van der Waals surface area contributed by atoms with Gasteiger partial charge in [0.25, 0.3) is 0 Å². The fourth-order valence-electron chi connectivity index (χ4n) is 3.15. The van der Waals surface area contributed by atoms with Crippen LogP contribution in [0.2, 0.25) is 0 Å². The summed E-state index contributed by atoms with van der Waals surface area (Å²) >= 11 is 0. The molecule has 2 heterocycles. The monoisotopic (exact) mass is 418 g/mol. The van der Waals surface area contributed by atoms with E-state index in [1.54, 1.807) is 16.6 Å². The lowest BCUT2D eigenvalue weighted by Crippen LogP contribution is -2.13. The van der Waals surface area contributed by atoms with Crippen LogP contribution in [0.5, 0.6) is 0 Å². The number of halogens is 1. The molecule has 2 aromatic carbocycles. The number of aryl methyl sites for hydroxylation is 2. The fourth-order valence-corrected chi connectivity index (χ4v) is 3.15. The predicted molar refractivity (Wildman–Crippen MR) is 117 cm³/mol. The fraction of sp³-hybridized carbons (Fsp3) is 0.217. The Balaban J connectivity index is 1.37. The molecule has 1 amide bonds. The molecule has 0 aliphatic carbocycles. The van der Waals surface area contributed by atoms with Crippen molar-refractivity contribution in [1.29, 1.82) is 0 Å².